The van der Waals surface area contributed by atoms with Crippen molar-refractivity contribution in [2.75, 3.05) is 5.32 Å². The van der Waals surface area contributed by atoms with Gasteiger partial charge in [0.2, 0.25) is 0 Å². The van der Waals surface area contributed by atoms with Gasteiger partial charge >= 0.3 is 0 Å². The lowest BCUT2D eigenvalue weighted by Gasteiger charge is -2.12. The van der Waals surface area contributed by atoms with E-state index in [9.17, 15) is 0 Å². The molecule has 41 heavy (non-hydrogen) atoms. The normalized spacial score (nSPS) is 14.2. The van der Waals surface area contributed by atoms with Gasteiger partial charge in [-0.3, -0.25) is 0 Å². The molecule has 0 saturated carbocycles. The van der Waals surface area contributed by atoms with Crippen molar-refractivity contribution in [1.29, 1.82) is 0 Å². The average Bonchev–Trinajstić information content (AvgIpc) is 3.50. The van der Waals surface area contributed by atoms with Crippen molar-refractivity contribution < 1.29 is 0 Å². The van der Waals surface area contributed by atoms with Gasteiger partial charge in [0.1, 0.15) is 5.37 Å². The van der Waals surface area contributed by atoms with Crippen LogP contribution in [-0.4, -0.2) is 9.97 Å². The lowest BCUT2D eigenvalue weighted by atomic mass is 9.97. The number of fused-ring (bicyclic) bond motifs is 4. The van der Waals surface area contributed by atoms with Crippen LogP contribution < -0.4 is 5.32 Å². The fourth-order valence-corrected chi connectivity index (χ4v) is 6.92. The van der Waals surface area contributed by atoms with E-state index in [4.69, 9.17) is 9.97 Å². The average molecular weight is 544 g/mol. The molecule has 0 radical (unpaired) electrons. The van der Waals surface area contributed by atoms with Gasteiger partial charge in [-0.1, -0.05) is 121 Å². The molecule has 1 aliphatic rings. The van der Waals surface area contributed by atoms with Crippen molar-refractivity contribution in [3.05, 3.63) is 145 Å². The summed E-state index contributed by atoms with van der Waals surface area (Å²) in [7, 11) is 0. The molecule has 1 aliphatic heterocycles. The molecule has 0 amide bonds. The molecule has 8 rings (SSSR count). The Morgan fingerprint density at radius 1 is 0.512 bits per heavy atom. The maximum atomic E-state index is 5.11. The number of thioether (sulfide) groups is 1. The first-order chi connectivity index (χ1) is 20.3. The van der Waals surface area contributed by atoms with Crippen LogP contribution in [0.3, 0.4) is 0 Å². The number of anilines is 1. The minimum Gasteiger partial charge on any atom is -0.368 e. The van der Waals surface area contributed by atoms with Gasteiger partial charge < -0.3 is 5.32 Å². The van der Waals surface area contributed by atoms with Gasteiger partial charge in [0, 0.05) is 21.7 Å². The molecule has 194 valence electrons. The van der Waals surface area contributed by atoms with Crippen LogP contribution in [0.25, 0.3) is 55.4 Å². The Morgan fingerprint density at radius 3 is 1.93 bits per heavy atom. The summed E-state index contributed by atoms with van der Waals surface area (Å²) in [5, 5.41) is 6.45. The van der Waals surface area contributed by atoms with Crippen LogP contribution in [0.2, 0.25) is 0 Å². The Bertz CT molecular complexity index is 2060. The summed E-state index contributed by atoms with van der Waals surface area (Å²) in [6, 6.07) is 49.0. The number of nitrogens with one attached hydrogen (secondary N) is 1. The molecule has 0 saturated heterocycles. The highest BCUT2D eigenvalue weighted by Crippen LogP contribution is 2.50. The molecule has 3 nitrogen and oxygen atoms in total. The summed E-state index contributed by atoms with van der Waals surface area (Å²) in [5.41, 5.74) is 10.5. The Labute approximate surface area is 242 Å². The molecule has 0 fully saturated rings. The second kappa shape index (κ2) is 9.92. The minimum absolute atomic E-state index is 0.232. The first kappa shape index (κ1) is 23.9. The number of para-hydroxylation sites is 2. The van der Waals surface area contributed by atoms with Crippen molar-refractivity contribution in [1.82, 2.24) is 9.97 Å². The smallest absolute Gasteiger partial charge is 0.103 e. The molecular weight excluding hydrogens is 518 g/mol. The van der Waals surface area contributed by atoms with Crippen LogP contribution in [0, 0.1) is 0 Å². The number of hydrogen-bond donors (Lipinski definition) is 1. The van der Waals surface area contributed by atoms with E-state index < -0.39 is 0 Å². The molecule has 0 aliphatic carbocycles. The van der Waals surface area contributed by atoms with Crippen molar-refractivity contribution >= 4 is 39.3 Å². The van der Waals surface area contributed by atoms with E-state index in [1.54, 1.807) is 0 Å². The van der Waals surface area contributed by atoms with Crippen molar-refractivity contribution in [2.24, 2.45) is 0 Å². The Hall–Kier alpha value is -4.93. The van der Waals surface area contributed by atoms with Gasteiger partial charge in [-0.25, -0.2) is 9.97 Å². The lowest BCUT2D eigenvalue weighted by Crippen LogP contribution is -2.00. The van der Waals surface area contributed by atoms with Crippen molar-refractivity contribution in [3.8, 4) is 33.6 Å². The van der Waals surface area contributed by atoms with E-state index in [2.05, 4.69) is 102 Å². The van der Waals surface area contributed by atoms with Crippen molar-refractivity contribution in [3.63, 3.8) is 0 Å². The highest BCUT2D eigenvalue weighted by Gasteiger charge is 2.24. The molecule has 4 heteroatoms. The third kappa shape index (κ3) is 4.33. The standard InChI is InChI=1S/C37H25N3S/c1-3-10-24(11-4-1)34-35(39-32-17-8-7-16-31(32)38-34)29-15-9-14-26(23-29)27-18-20-30-28(22-27)19-21-33-36(30)41-37(40-33)25-12-5-2-6-13-25/h1-23,37,40H. The SMILES string of the molecule is c1ccc(-c2nc3ccccc3nc2-c2cccc(-c3ccc4c5c(ccc4c3)NC(c3ccccc3)S5)c2)cc1. The van der Waals surface area contributed by atoms with Crippen LogP contribution >= 0.6 is 11.8 Å². The Kier molecular flexibility index (Phi) is 5.78. The lowest BCUT2D eigenvalue weighted by molar-refractivity contribution is 1.14. The fourth-order valence-electron chi connectivity index (χ4n) is 5.63. The number of aromatic nitrogens is 2. The van der Waals surface area contributed by atoms with Gasteiger partial charge in [-0.05, 0) is 57.8 Å². The van der Waals surface area contributed by atoms with E-state index >= 15 is 0 Å². The van der Waals surface area contributed by atoms with Crippen LogP contribution in [-0.2, 0) is 0 Å². The van der Waals surface area contributed by atoms with Crippen LogP contribution in [0.15, 0.2) is 144 Å². The van der Waals surface area contributed by atoms with E-state index in [-0.39, 0.29) is 5.37 Å². The molecule has 1 aromatic heterocycles. The zero-order valence-corrected chi connectivity index (χ0v) is 23.0. The zero-order valence-electron chi connectivity index (χ0n) is 22.2. The van der Waals surface area contributed by atoms with Crippen LogP contribution in [0.5, 0.6) is 0 Å². The summed E-state index contributed by atoms with van der Waals surface area (Å²) in [6.07, 6.45) is 0. The summed E-state index contributed by atoms with van der Waals surface area (Å²) in [5.74, 6) is 0. The Morgan fingerprint density at radius 2 is 1.15 bits per heavy atom. The number of nitrogens with zero attached hydrogens (tertiary/aromatic N) is 2. The quantitative estimate of drug-likeness (QED) is 0.240. The predicted octanol–water partition coefficient (Wildman–Crippen LogP) is 10.0. The molecule has 0 spiro atoms. The van der Waals surface area contributed by atoms with Gasteiger partial charge in [0.05, 0.1) is 22.4 Å². The largest absolute Gasteiger partial charge is 0.368 e. The van der Waals surface area contributed by atoms with Gasteiger partial charge in [0.25, 0.3) is 0 Å². The summed E-state index contributed by atoms with van der Waals surface area (Å²) < 4.78 is 0. The highest BCUT2D eigenvalue weighted by atomic mass is 32.2. The summed E-state index contributed by atoms with van der Waals surface area (Å²) in [6.45, 7) is 0. The zero-order chi connectivity index (χ0) is 27.2. The second-order valence-corrected chi connectivity index (χ2v) is 11.4. The maximum absolute atomic E-state index is 5.11. The topological polar surface area (TPSA) is 37.8 Å². The first-order valence-electron chi connectivity index (χ1n) is 13.8. The highest BCUT2D eigenvalue weighted by molar-refractivity contribution is 8.00. The van der Waals surface area contributed by atoms with E-state index in [1.807, 2.05) is 54.2 Å². The summed E-state index contributed by atoms with van der Waals surface area (Å²) >= 11 is 1.89. The van der Waals surface area contributed by atoms with Crippen molar-refractivity contribution in [2.45, 2.75) is 10.3 Å². The molecule has 1 atom stereocenters. The summed E-state index contributed by atoms with van der Waals surface area (Å²) in [4.78, 5) is 11.5. The third-order valence-electron chi connectivity index (χ3n) is 7.68. The maximum Gasteiger partial charge on any atom is 0.103 e. The molecule has 1 unspecified atom stereocenters. The number of hydrogen-bond acceptors (Lipinski definition) is 4. The van der Waals surface area contributed by atoms with Gasteiger partial charge in [-0.15, -0.1) is 0 Å². The van der Waals surface area contributed by atoms with Crippen LogP contribution in [0.4, 0.5) is 5.69 Å². The molecule has 1 N–H and O–H groups in total. The number of benzene rings is 6. The van der Waals surface area contributed by atoms with E-state index in [0.29, 0.717) is 0 Å². The molecule has 7 aromatic rings. The van der Waals surface area contributed by atoms with E-state index in [1.165, 1.54) is 32.5 Å². The monoisotopic (exact) mass is 543 g/mol. The molecular formula is C37H25N3S. The Balaban J connectivity index is 1.19. The molecule has 6 aromatic carbocycles. The number of rotatable bonds is 4. The second-order valence-electron chi connectivity index (χ2n) is 10.3. The van der Waals surface area contributed by atoms with E-state index in [0.717, 1.165) is 39.1 Å². The third-order valence-corrected chi connectivity index (χ3v) is 8.98. The fraction of sp³-hybridized carbons (Fsp3) is 0.0270. The molecule has 2 heterocycles. The minimum atomic E-state index is 0.232. The predicted molar refractivity (Wildman–Crippen MR) is 172 cm³/mol. The molecule has 0 bridgehead atoms. The first-order valence-corrected chi connectivity index (χ1v) is 14.7. The van der Waals surface area contributed by atoms with Crippen LogP contribution in [0.1, 0.15) is 10.9 Å². The van der Waals surface area contributed by atoms with Gasteiger partial charge in [-0.2, -0.15) is 0 Å². The van der Waals surface area contributed by atoms with Gasteiger partial charge in [0.15, 0.2) is 0 Å².